The van der Waals surface area contributed by atoms with Gasteiger partial charge in [-0.15, -0.1) is 0 Å². The second-order valence-corrected chi connectivity index (χ2v) is 8.91. The monoisotopic (exact) mass is 505 g/mol. The fourth-order valence-electron chi connectivity index (χ4n) is 4.13. The van der Waals surface area contributed by atoms with Gasteiger partial charge >= 0.3 is 12.1 Å². The van der Waals surface area contributed by atoms with Gasteiger partial charge in [-0.3, -0.25) is 9.69 Å². The average Bonchev–Trinajstić information content (AvgIpc) is 3.25. The van der Waals surface area contributed by atoms with Crippen LogP contribution in [-0.2, 0) is 30.5 Å². The first-order chi connectivity index (χ1) is 17.7. The van der Waals surface area contributed by atoms with E-state index in [4.69, 9.17) is 4.42 Å². The SMILES string of the molecule is CCCc1ccc(C#Cc2coc3ccc(CN(CC(=O)O)Cc4ccc(C(F)(F)F)cc4)cc23)cc1. The number of hydrogen-bond donors (Lipinski definition) is 1. The van der Waals surface area contributed by atoms with Crippen LogP contribution < -0.4 is 0 Å². The summed E-state index contributed by atoms with van der Waals surface area (Å²) in [7, 11) is 0. The molecule has 0 aliphatic carbocycles. The van der Waals surface area contributed by atoms with Crippen LogP contribution in [0.1, 0.15) is 46.7 Å². The summed E-state index contributed by atoms with van der Waals surface area (Å²) in [6.45, 7) is 2.36. The van der Waals surface area contributed by atoms with Gasteiger partial charge in [-0.1, -0.05) is 55.5 Å². The third-order valence-corrected chi connectivity index (χ3v) is 5.92. The van der Waals surface area contributed by atoms with Gasteiger partial charge in [0.2, 0.25) is 0 Å². The summed E-state index contributed by atoms with van der Waals surface area (Å²) in [6, 6.07) is 18.5. The van der Waals surface area contributed by atoms with Crippen molar-refractivity contribution in [2.24, 2.45) is 0 Å². The lowest BCUT2D eigenvalue weighted by atomic mass is 10.1. The van der Waals surface area contributed by atoms with Crippen molar-refractivity contribution < 1.29 is 27.5 Å². The first-order valence-corrected chi connectivity index (χ1v) is 11.9. The van der Waals surface area contributed by atoms with Crippen LogP contribution in [0.25, 0.3) is 11.0 Å². The number of hydrogen-bond acceptors (Lipinski definition) is 3. The molecule has 0 saturated carbocycles. The quantitative estimate of drug-likeness (QED) is 0.265. The highest BCUT2D eigenvalue weighted by Gasteiger charge is 2.30. The van der Waals surface area contributed by atoms with Gasteiger partial charge in [-0.2, -0.15) is 13.2 Å². The van der Waals surface area contributed by atoms with Crippen LogP contribution in [0.3, 0.4) is 0 Å². The average molecular weight is 506 g/mol. The van der Waals surface area contributed by atoms with E-state index in [9.17, 15) is 23.1 Å². The second-order valence-electron chi connectivity index (χ2n) is 8.91. The molecule has 0 unspecified atom stereocenters. The number of aryl methyl sites for hydroxylation is 1. The van der Waals surface area contributed by atoms with Crippen molar-refractivity contribution in [2.75, 3.05) is 6.54 Å². The molecule has 0 spiro atoms. The Morgan fingerprint density at radius 2 is 1.57 bits per heavy atom. The van der Waals surface area contributed by atoms with Crippen molar-refractivity contribution in [1.29, 1.82) is 0 Å². The molecule has 190 valence electrons. The molecule has 4 rings (SSSR count). The molecule has 0 bridgehead atoms. The molecule has 37 heavy (non-hydrogen) atoms. The van der Waals surface area contributed by atoms with Crippen LogP contribution in [0.4, 0.5) is 13.2 Å². The molecule has 0 aliphatic heterocycles. The maximum absolute atomic E-state index is 12.9. The van der Waals surface area contributed by atoms with E-state index >= 15 is 0 Å². The number of carbonyl (C=O) groups is 1. The van der Waals surface area contributed by atoms with Crippen LogP contribution in [0.15, 0.2) is 77.4 Å². The van der Waals surface area contributed by atoms with Crippen LogP contribution in [0.2, 0.25) is 0 Å². The molecule has 4 nitrogen and oxygen atoms in total. The lowest BCUT2D eigenvalue weighted by Gasteiger charge is -2.21. The minimum absolute atomic E-state index is 0.189. The summed E-state index contributed by atoms with van der Waals surface area (Å²) in [5, 5.41) is 10.2. The summed E-state index contributed by atoms with van der Waals surface area (Å²) < 4.78 is 44.2. The smallest absolute Gasteiger partial charge is 0.416 e. The van der Waals surface area contributed by atoms with Gasteiger partial charge in [-0.05, 0) is 59.5 Å². The van der Waals surface area contributed by atoms with Gasteiger partial charge in [0, 0.05) is 24.0 Å². The summed E-state index contributed by atoms with van der Waals surface area (Å²) in [6.07, 6.45) is -0.703. The van der Waals surface area contributed by atoms with Crippen molar-refractivity contribution in [3.05, 3.63) is 106 Å². The highest BCUT2D eigenvalue weighted by molar-refractivity contribution is 5.85. The van der Waals surface area contributed by atoms with E-state index in [1.807, 2.05) is 30.3 Å². The third-order valence-electron chi connectivity index (χ3n) is 5.92. The van der Waals surface area contributed by atoms with E-state index in [1.165, 1.54) is 17.7 Å². The maximum Gasteiger partial charge on any atom is 0.416 e. The first-order valence-electron chi connectivity index (χ1n) is 11.9. The third kappa shape index (κ3) is 7.02. The standard InChI is InChI=1S/C30H26F3NO3/c1-2-3-21-4-6-22(7-5-21)8-12-25-20-37-28-15-11-24(16-27(25)28)18-34(19-29(35)36)17-23-9-13-26(14-10-23)30(31,32)33/h4-7,9-11,13-16,20H,2-3,17-19H2,1H3,(H,35,36). The molecule has 7 heteroatoms. The zero-order valence-corrected chi connectivity index (χ0v) is 20.3. The zero-order valence-electron chi connectivity index (χ0n) is 20.3. The maximum atomic E-state index is 12.9. The van der Waals surface area contributed by atoms with Crippen LogP contribution in [0, 0.1) is 11.8 Å². The van der Waals surface area contributed by atoms with E-state index in [-0.39, 0.29) is 13.1 Å². The number of fused-ring (bicyclic) bond motifs is 1. The molecule has 4 aromatic rings. The molecule has 0 amide bonds. The van der Waals surface area contributed by atoms with E-state index < -0.39 is 17.7 Å². The summed E-state index contributed by atoms with van der Waals surface area (Å²) >= 11 is 0. The Bertz CT molecular complexity index is 1430. The van der Waals surface area contributed by atoms with Crippen molar-refractivity contribution in [3.8, 4) is 11.8 Å². The molecule has 1 N–H and O–H groups in total. The van der Waals surface area contributed by atoms with Crippen molar-refractivity contribution in [2.45, 2.75) is 39.0 Å². The van der Waals surface area contributed by atoms with Gasteiger partial charge in [-0.25, -0.2) is 0 Å². The molecular formula is C30H26F3NO3. The normalized spacial score (nSPS) is 11.5. The number of nitrogens with zero attached hydrogens (tertiary/aromatic N) is 1. The fourth-order valence-corrected chi connectivity index (χ4v) is 4.13. The van der Waals surface area contributed by atoms with Crippen LogP contribution in [0.5, 0.6) is 0 Å². The number of benzene rings is 3. The second kappa shape index (κ2) is 11.4. The summed E-state index contributed by atoms with van der Waals surface area (Å²) in [5.74, 6) is 5.31. The zero-order chi connectivity index (χ0) is 26.4. The number of carboxylic acids is 1. The van der Waals surface area contributed by atoms with E-state index in [0.29, 0.717) is 17.7 Å². The number of aliphatic carboxylic acids is 1. The lowest BCUT2D eigenvalue weighted by molar-refractivity contribution is -0.139. The number of carboxylic acid groups (broad SMARTS) is 1. The number of halogens is 3. The van der Waals surface area contributed by atoms with Crippen molar-refractivity contribution in [3.63, 3.8) is 0 Å². The molecule has 1 aromatic heterocycles. The number of alkyl halides is 3. The van der Waals surface area contributed by atoms with E-state index in [0.717, 1.165) is 47.1 Å². The number of furan rings is 1. The molecule has 1 heterocycles. The highest BCUT2D eigenvalue weighted by atomic mass is 19.4. The summed E-state index contributed by atoms with van der Waals surface area (Å²) in [4.78, 5) is 13.1. The van der Waals surface area contributed by atoms with Crippen molar-refractivity contribution in [1.82, 2.24) is 4.90 Å². The van der Waals surface area contributed by atoms with Gasteiger partial charge in [0.05, 0.1) is 17.7 Å². The molecule has 0 radical (unpaired) electrons. The largest absolute Gasteiger partial charge is 0.480 e. The fraction of sp³-hybridized carbons (Fsp3) is 0.233. The predicted molar refractivity (Wildman–Crippen MR) is 136 cm³/mol. The van der Waals surface area contributed by atoms with Gasteiger partial charge in [0.25, 0.3) is 0 Å². The van der Waals surface area contributed by atoms with Gasteiger partial charge < -0.3 is 9.52 Å². The Kier molecular flexibility index (Phi) is 8.00. The Labute approximate surface area is 213 Å². The van der Waals surface area contributed by atoms with Gasteiger partial charge in [0.1, 0.15) is 11.8 Å². The van der Waals surface area contributed by atoms with Crippen LogP contribution in [-0.4, -0.2) is 22.5 Å². The number of rotatable bonds is 8. The van der Waals surface area contributed by atoms with Crippen molar-refractivity contribution >= 4 is 16.9 Å². The van der Waals surface area contributed by atoms with E-state index in [1.54, 1.807) is 11.2 Å². The lowest BCUT2D eigenvalue weighted by Crippen LogP contribution is -2.29. The Hall–Kier alpha value is -4.02. The molecule has 0 fully saturated rings. The Morgan fingerprint density at radius 3 is 2.22 bits per heavy atom. The van der Waals surface area contributed by atoms with Gasteiger partial charge in [0.15, 0.2) is 0 Å². The molecule has 0 saturated heterocycles. The predicted octanol–water partition coefficient (Wildman–Crippen LogP) is 6.89. The topological polar surface area (TPSA) is 53.7 Å². The summed E-state index contributed by atoms with van der Waals surface area (Å²) in [5.41, 5.74) is 4.25. The minimum Gasteiger partial charge on any atom is -0.480 e. The highest BCUT2D eigenvalue weighted by Crippen LogP contribution is 2.29. The van der Waals surface area contributed by atoms with E-state index in [2.05, 4.69) is 30.9 Å². The Balaban J connectivity index is 1.53. The Morgan fingerprint density at radius 1 is 0.919 bits per heavy atom. The minimum atomic E-state index is -4.42. The molecule has 3 aromatic carbocycles. The molecule has 0 aliphatic rings. The molecular weight excluding hydrogens is 479 g/mol. The van der Waals surface area contributed by atoms with Crippen LogP contribution >= 0.6 is 0 Å². The first kappa shape index (κ1) is 26.1. The molecule has 0 atom stereocenters.